The van der Waals surface area contributed by atoms with Crippen molar-refractivity contribution < 1.29 is 53.8 Å². The van der Waals surface area contributed by atoms with Crippen molar-refractivity contribution in [2.24, 2.45) is 28.3 Å². The van der Waals surface area contributed by atoms with E-state index in [1.807, 2.05) is 0 Å². The molecule has 0 spiro atoms. The van der Waals surface area contributed by atoms with E-state index >= 15 is 4.79 Å². The molecule has 2 heterocycles. The number of carbonyl (C=O) groups is 3. The number of fused-ring (bicyclic) bond motifs is 5. The standard InChI is InChI=1S/C36H32N6O11/c1-42(2)29-26(45)22(32(39)48)30(46)34(10-37)31(47)23-25(44)21-20(28(38)35(23,40)33(49)36(29,34)41)15(13-6-7-17-19(8-13)52-11-50-17)9-16(24(21)43)14-4-3-5-18-27(14)53-12-51-18/h3-9,28-29,33,43-44,46,49H,11-12,38,40-41H2,1-2H3,(H2,39,48)/t28-,29+,33-,34-,35+,36-/m0/s1. The Balaban J connectivity index is 1.50. The Bertz CT molecular complexity index is 2350. The predicted molar refractivity (Wildman–Crippen MR) is 182 cm³/mol. The van der Waals surface area contributed by atoms with Gasteiger partial charge in [0.15, 0.2) is 40.0 Å². The van der Waals surface area contributed by atoms with Crippen LogP contribution in [0.1, 0.15) is 17.2 Å². The molecule has 1 amide bonds. The van der Waals surface area contributed by atoms with Crippen molar-refractivity contribution in [1.82, 2.24) is 4.90 Å². The van der Waals surface area contributed by atoms with Crippen LogP contribution >= 0.6 is 0 Å². The van der Waals surface area contributed by atoms with Crippen LogP contribution in [0.15, 0.2) is 59.4 Å². The number of nitrogens with zero attached hydrogens (tertiary/aromatic N) is 2. The fourth-order valence-corrected chi connectivity index (χ4v) is 8.65. The lowest BCUT2D eigenvalue weighted by molar-refractivity contribution is -0.153. The highest BCUT2D eigenvalue weighted by Crippen LogP contribution is 2.62. The summed E-state index contributed by atoms with van der Waals surface area (Å²) in [6.45, 7) is -0.172. The number of Topliss-reactive ketones (excluding diaryl/α,β-unsaturated/α-hetero) is 2. The first-order valence-corrected chi connectivity index (χ1v) is 16.1. The molecule has 5 aliphatic rings. The molecule has 0 radical (unpaired) electrons. The van der Waals surface area contributed by atoms with Gasteiger partial charge in [0.2, 0.25) is 13.6 Å². The average Bonchev–Trinajstić information content (AvgIpc) is 3.79. The molecule has 0 aromatic heterocycles. The highest BCUT2D eigenvalue weighted by Gasteiger charge is 2.79. The zero-order valence-electron chi connectivity index (χ0n) is 28.0. The van der Waals surface area contributed by atoms with Crippen LogP contribution in [0.4, 0.5) is 0 Å². The van der Waals surface area contributed by atoms with Gasteiger partial charge in [0.25, 0.3) is 5.91 Å². The molecule has 1 fully saturated rings. The van der Waals surface area contributed by atoms with Gasteiger partial charge in [0.05, 0.1) is 34.8 Å². The molecule has 0 saturated heterocycles. The van der Waals surface area contributed by atoms with Crippen LogP contribution in [0.3, 0.4) is 0 Å². The predicted octanol–water partition coefficient (Wildman–Crippen LogP) is 0.125. The van der Waals surface area contributed by atoms with E-state index < -0.39 is 86.1 Å². The van der Waals surface area contributed by atoms with Gasteiger partial charge in [-0.2, -0.15) is 5.26 Å². The molecule has 17 nitrogen and oxygen atoms in total. The number of amides is 1. The Labute approximate surface area is 299 Å². The Morgan fingerprint density at radius 2 is 1.62 bits per heavy atom. The topological polar surface area (TPSA) is 300 Å². The average molecular weight is 725 g/mol. The zero-order valence-corrected chi connectivity index (χ0v) is 28.0. The van der Waals surface area contributed by atoms with Crippen LogP contribution in [-0.2, 0) is 14.4 Å². The minimum atomic E-state index is -3.14. The second-order valence-electron chi connectivity index (χ2n) is 13.7. The van der Waals surface area contributed by atoms with Gasteiger partial charge in [-0.25, -0.2) is 0 Å². The van der Waals surface area contributed by atoms with Crippen LogP contribution in [0, 0.1) is 16.7 Å². The van der Waals surface area contributed by atoms with Crippen molar-refractivity contribution in [2.45, 2.75) is 29.3 Å². The summed E-state index contributed by atoms with van der Waals surface area (Å²) in [6.07, 6.45) is -2.39. The first kappa shape index (κ1) is 34.0. The Kier molecular flexibility index (Phi) is 7.00. The third kappa shape index (κ3) is 3.87. The third-order valence-electron chi connectivity index (χ3n) is 11.0. The normalized spacial score (nSPS) is 29.5. The lowest BCUT2D eigenvalue weighted by atomic mass is 9.44. The van der Waals surface area contributed by atoms with E-state index in [-0.39, 0.29) is 36.0 Å². The van der Waals surface area contributed by atoms with E-state index in [1.165, 1.54) is 14.1 Å². The van der Waals surface area contributed by atoms with Gasteiger partial charge in [-0.05, 0) is 55.1 Å². The number of aliphatic hydroxyl groups is 3. The summed E-state index contributed by atoms with van der Waals surface area (Å²) in [4.78, 5) is 42.6. The lowest BCUT2D eigenvalue weighted by Gasteiger charge is -2.62. The number of ketones is 2. The molecule has 53 heavy (non-hydrogen) atoms. The number of aromatic hydroxyl groups is 1. The first-order valence-electron chi connectivity index (χ1n) is 16.1. The maximum atomic E-state index is 15.0. The van der Waals surface area contributed by atoms with E-state index in [1.54, 1.807) is 48.5 Å². The molecule has 8 rings (SSSR count). The smallest absolute Gasteiger partial charge is 0.255 e. The largest absolute Gasteiger partial charge is 0.509 e. The number of nitriles is 1. The van der Waals surface area contributed by atoms with Crippen molar-refractivity contribution in [3.8, 4) is 57.1 Å². The minimum Gasteiger partial charge on any atom is -0.509 e. The highest BCUT2D eigenvalue weighted by atomic mass is 16.7. The van der Waals surface area contributed by atoms with E-state index in [0.717, 1.165) is 4.90 Å². The molecule has 3 aromatic rings. The zero-order chi connectivity index (χ0) is 38.1. The minimum absolute atomic E-state index is 0.0540. The Hall–Kier alpha value is -6.16. The van der Waals surface area contributed by atoms with Crippen LogP contribution in [0.2, 0.25) is 0 Å². The monoisotopic (exact) mass is 724 g/mol. The van der Waals surface area contributed by atoms with Gasteiger partial charge in [0, 0.05) is 11.1 Å². The van der Waals surface area contributed by atoms with Crippen LogP contribution in [-0.4, -0.2) is 93.7 Å². The molecule has 0 bridgehead atoms. The van der Waals surface area contributed by atoms with Gasteiger partial charge in [-0.15, -0.1) is 0 Å². The van der Waals surface area contributed by atoms with Gasteiger partial charge in [-0.1, -0.05) is 18.2 Å². The molecular weight excluding hydrogens is 692 g/mol. The number of ether oxygens (including phenoxy) is 4. The number of phenolic OH excluding ortho intramolecular Hbond substituents is 1. The molecular formula is C36H32N6O11. The van der Waals surface area contributed by atoms with Crippen LogP contribution < -0.4 is 41.9 Å². The SMILES string of the molecule is CN(C)[C@@H]1C(=O)C(C(N)=O)=C(O)[C@@]2(C#N)C(=O)C3=C(O)c4c(O)c(-c5cccc6c5OCO6)cc(-c5ccc6c(c5)OCO6)c4[C@H](N)[C@@]3(N)[C@H](O)[C@@]12N. The molecule has 3 aliphatic carbocycles. The summed E-state index contributed by atoms with van der Waals surface area (Å²) < 4.78 is 22.4. The van der Waals surface area contributed by atoms with Crippen molar-refractivity contribution in [3.63, 3.8) is 0 Å². The summed E-state index contributed by atoms with van der Waals surface area (Å²) >= 11 is 0. The number of carbonyl (C=O) groups excluding carboxylic acids is 3. The van der Waals surface area contributed by atoms with E-state index in [0.29, 0.717) is 28.4 Å². The summed E-state index contributed by atoms with van der Waals surface area (Å²) in [5.74, 6) is -5.83. The molecule has 3 aromatic carbocycles. The van der Waals surface area contributed by atoms with Gasteiger partial charge < -0.3 is 62.3 Å². The third-order valence-corrected chi connectivity index (χ3v) is 11.0. The van der Waals surface area contributed by atoms with Gasteiger partial charge in [0.1, 0.15) is 34.5 Å². The number of hydrogen-bond acceptors (Lipinski definition) is 16. The number of benzene rings is 3. The molecule has 0 unspecified atom stereocenters. The summed E-state index contributed by atoms with van der Waals surface area (Å²) in [6, 6.07) is 9.38. The van der Waals surface area contributed by atoms with Crippen molar-refractivity contribution >= 4 is 23.2 Å². The number of nitrogens with two attached hydrogens (primary N) is 4. The van der Waals surface area contributed by atoms with Crippen molar-refractivity contribution in [3.05, 3.63) is 70.5 Å². The van der Waals surface area contributed by atoms with Gasteiger partial charge >= 0.3 is 0 Å². The molecule has 1 saturated carbocycles. The van der Waals surface area contributed by atoms with Crippen LogP contribution in [0.25, 0.3) is 28.0 Å². The Morgan fingerprint density at radius 3 is 2.30 bits per heavy atom. The Morgan fingerprint density at radius 1 is 0.943 bits per heavy atom. The summed E-state index contributed by atoms with van der Waals surface area (Å²) in [5, 5.41) is 59.3. The number of aliphatic hydroxyl groups excluding tert-OH is 3. The quantitative estimate of drug-likeness (QED) is 0.166. The summed E-state index contributed by atoms with van der Waals surface area (Å²) in [5.41, 5.74) is 16.4. The van der Waals surface area contributed by atoms with E-state index in [2.05, 4.69) is 0 Å². The number of rotatable bonds is 4. The second-order valence-corrected chi connectivity index (χ2v) is 13.7. The lowest BCUT2D eigenvalue weighted by Crippen LogP contribution is -2.87. The second kappa shape index (κ2) is 10.9. The number of hydrogen-bond donors (Lipinski definition) is 8. The van der Waals surface area contributed by atoms with Crippen molar-refractivity contribution in [1.29, 1.82) is 5.26 Å². The number of para-hydroxylation sites is 1. The fraction of sp³-hybridized carbons (Fsp3) is 0.278. The molecule has 2 aliphatic heterocycles. The van der Waals surface area contributed by atoms with Crippen molar-refractivity contribution in [2.75, 3.05) is 27.7 Å². The van der Waals surface area contributed by atoms with Crippen LogP contribution in [0.5, 0.6) is 28.7 Å². The first-order chi connectivity index (χ1) is 25.1. The van der Waals surface area contributed by atoms with Gasteiger partial charge in [-0.3, -0.25) is 19.3 Å². The number of likely N-dealkylation sites (N-methyl/N-ethyl adjacent to an activating group) is 1. The highest BCUT2D eigenvalue weighted by molar-refractivity contribution is 6.26. The molecule has 272 valence electrons. The molecule has 6 atom stereocenters. The number of phenols is 1. The van der Waals surface area contributed by atoms with E-state index in [9.17, 15) is 35.3 Å². The fourth-order valence-electron chi connectivity index (χ4n) is 8.65. The molecule has 12 N–H and O–H groups in total. The summed E-state index contributed by atoms with van der Waals surface area (Å²) in [7, 11) is 2.65. The molecule has 17 heteroatoms. The maximum absolute atomic E-state index is 15.0. The maximum Gasteiger partial charge on any atom is 0.255 e. The number of primary amides is 1. The van der Waals surface area contributed by atoms with E-state index in [4.69, 9.17) is 41.9 Å².